The summed E-state index contributed by atoms with van der Waals surface area (Å²) in [6.45, 7) is 4.24. The minimum absolute atomic E-state index is 0.225. The summed E-state index contributed by atoms with van der Waals surface area (Å²) >= 11 is 0. The van der Waals surface area contributed by atoms with Crippen molar-refractivity contribution in [2.45, 2.75) is 19.4 Å². The van der Waals surface area contributed by atoms with Crippen molar-refractivity contribution in [3.05, 3.63) is 113 Å². The molecule has 5 aromatic rings. The van der Waals surface area contributed by atoms with E-state index < -0.39 is 5.54 Å². The average Bonchev–Trinajstić information content (AvgIpc) is 3.29. The minimum Gasteiger partial charge on any atom is -0.508 e. The average molecular weight is 418 g/mol. The van der Waals surface area contributed by atoms with Crippen LogP contribution in [-0.2, 0) is 5.54 Å². The van der Waals surface area contributed by atoms with Gasteiger partial charge in [-0.05, 0) is 78.1 Å². The molecule has 6 rings (SSSR count). The van der Waals surface area contributed by atoms with Gasteiger partial charge in [0.1, 0.15) is 22.9 Å². The van der Waals surface area contributed by atoms with Crippen molar-refractivity contribution in [1.29, 1.82) is 0 Å². The molecule has 0 fully saturated rings. The van der Waals surface area contributed by atoms with Crippen LogP contribution in [0.1, 0.15) is 27.8 Å². The zero-order valence-electron chi connectivity index (χ0n) is 17.9. The topological polar surface area (TPSA) is 58.3 Å². The first kappa shape index (κ1) is 18.7. The van der Waals surface area contributed by atoms with Crippen LogP contribution in [0.3, 0.4) is 0 Å². The van der Waals surface area contributed by atoms with Gasteiger partial charge in [0.2, 0.25) is 0 Å². The number of phenolic OH excluding ortho intramolecular Hbond substituents is 2. The van der Waals surface area contributed by atoms with Crippen molar-refractivity contribution in [2.24, 2.45) is 0 Å². The molecule has 0 saturated heterocycles. The van der Waals surface area contributed by atoms with E-state index in [-0.39, 0.29) is 11.5 Å². The first-order valence-corrected chi connectivity index (χ1v) is 10.7. The molecule has 0 unspecified atom stereocenters. The van der Waals surface area contributed by atoms with Crippen molar-refractivity contribution < 1.29 is 10.2 Å². The Kier molecular flexibility index (Phi) is 3.78. The van der Waals surface area contributed by atoms with Gasteiger partial charge >= 0.3 is 0 Å². The Morgan fingerprint density at radius 3 is 1.91 bits per heavy atom. The highest BCUT2D eigenvalue weighted by Crippen LogP contribution is 2.53. The van der Waals surface area contributed by atoms with Gasteiger partial charge in [-0.2, -0.15) is 0 Å². The van der Waals surface area contributed by atoms with Crippen molar-refractivity contribution in [2.75, 3.05) is 0 Å². The van der Waals surface area contributed by atoms with Crippen LogP contribution in [0.25, 0.3) is 22.4 Å². The van der Waals surface area contributed by atoms with Gasteiger partial charge in [-0.3, -0.25) is 0 Å². The smallest absolute Gasteiger partial charge is 0.142 e. The van der Waals surface area contributed by atoms with E-state index in [1.54, 1.807) is 24.3 Å². The predicted molar refractivity (Wildman–Crippen MR) is 126 cm³/mol. The van der Waals surface area contributed by atoms with Crippen molar-refractivity contribution in [3.63, 3.8) is 0 Å². The molecule has 2 N–H and O–H groups in total. The van der Waals surface area contributed by atoms with Crippen LogP contribution in [-0.4, -0.2) is 19.8 Å². The molecule has 2 heterocycles. The molecule has 0 spiro atoms. The number of rotatable bonds is 2. The zero-order valence-corrected chi connectivity index (χ0v) is 17.9. The van der Waals surface area contributed by atoms with Crippen molar-refractivity contribution in [1.82, 2.24) is 9.55 Å². The Balaban J connectivity index is 1.83. The molecular formula is C28H22N2O2. The fourth-order valence-electron chi connectivity index (χ4n) is 5.11. The van der Waals surface area contributed by atoms with Crippen LogP contribution in [0.15, 0.2) is 84.9 Å². The lowest BCUT2D eigenvalue weighted by atomic mass is 9.77. The summed E-state index contributed by atoms with van der Waals surface area (Å²) in [4.78, 5) is 5.08. The second-order valence-corrected chi connectivity index (χ2v) is 8.55. The van der Waals surface area contributed by atoms with Gasteiger partial charge in [-0.1, -0.05) is 48.5 Å². The van der Waals surface area contributed by atoms with E-state index in [9.17, 15) is 10.2 Å². The monoisotopic (exact) mass is 418 g/mol. The molecule has 0 aliphatic carbocycles. The van der Waals surface area contributed by atoms with E-state index in [2.05, 4.69) is 48.7 Å². The Labute approximate surface area is 186 Å². The quantitative estimate of drug-likeness (QED) is 0.369. The summed E-state index contributed by atoms with van der Waals surface area (Å²) in [5.74, 6) is 1.37. The van der Waals surface area contributed by atoms with Gasteiger partial charge in [0.25, 0.3) is 0 Å². The van der Waals surface area contributed by atoms with E-state index in [4.69, 9.17) is 4.98 Å². The molecule has 32 heavy (non-hydrogen) atoms. The maximum Gasteiger partial charge on any atom is 0.142 e. The van der Waals surface area contributed by atoms with Crippen LogP contribution < -0.4 is 0 Å². The minimum atomic E-state index is -0.691. The van der Waals surface area contributed by atoms with Crippen LogP contribution >= 0.6 is 0 Å². The summed E-state index contributed by atoms with van der Waals surface area (Å²) in [6, 6.07) is 27.5. The standard InChI is InChI=1S/C28H22N2O2/c1-17-15-25-26(16-18(17)2)30-27(29-25)23-5-3-4-6-24(23)28(30,19-7-11-21(31)12-8-19)20-9-13-22(32)14-10-20/h3-16,31-32H,1-2H3. The Hall–Kier alpha value is -4.05. The first-order chi connectivity index (χ1) is 15.5. The normalized spacial score (nSPS) is 13.8. The maximum absolute atomic E-state index is 10.0. The number of phenols is 2. The molecule has 0 saturated carbocycles. The lowest BCUT2D eigenvalue weighted by Gasteiger charge is -2.35. The fourth-order valence-corrected chi connectivity index (χ4v) is 5.11. The number of fused-ring (bicyclic) bond motifs is 5. The van der Waals surface area contributed by atoms with Gasteiger partial charge in [0.15, 0.2) is 0 Å². The number of hydrogen-bond donors (Lipinski definition) is 2. The molecule has 1 aliphatic heterocycles. The summed E-state index contributed by atoms with van der Waals surface area (Å²) in [7, 11) is 0. The van der Waals surface area contributed by atoms with E-state index in [0.717, 1.165) is 39.1 Å². The highest BCUT2D eigenvalue weighted by molar-refractivity contribution is 5.88. The highest BCUT2D eigenvalue weighted by Gasteiger charge is 2.47. The molecule has 1 aromatic heterocycles. The number of aromatic nitrogens is 2. The van der Waals surface area contributed by atoms with E-state index in [0.29, 0.717) is 0 Å². The molecule has 156 valence electrons. The Bertz CT molecular complexity index is 1450. The first-order valence-electron chi connectivity index (χ1n) is 10.7. The lowest BCUT2D eigenvalue weighted by molar-refractivity contribution is 0.472. The van der Waals surface area contributed by atoms with Gasteiger partial charge in [-0.25, -0.2) is 4.98 Å². The largest absolute Gasteiger partial charge is 0.508 e. The van der Waals surface area contributed by atoms with E-state index in [1.165, 1.54) is 11.1 Å². The number of aryl methyl sites for hydroxylation is 2. The SMILES string of the molecule is Cc1cc2nc3n(c2cc1C)C(c1ccc(O)cc1)(c1ccc(O)cc1)c1ccccc1-3. The van der Waals surface area contributed by atoms with Crippen LogP contribution in [0, 0.1) is 13.8 Å². The lowest BCUT2D eigenvalue weighted by Crippen LogP contribution is -2.34. The summed E-state index contributed by atoms with van der Waals surface area (Å²) in [5.41, 5.74) is 7.99. The highest BCUT2D eigenvalue weighted by atomic mass is 16.3. The summed E-state index contributed by atoms with van der Waals surface area (Å²) < 4.78 is 2.32. The van der Waals surface area contributed by atoms with Gasteiger partial charge < -0.3 is 14.8 Å². The third kappa shape index (κ3) is 2.35. The van der Waals surface area contributed by atoms with E-state index in [1.807, 2.05) is 30.3 Å². The Morgan fingerprint density at radius 1 is 0.719 bits per heavy atom. The second kappa shape index (κ2) is 6.47. The number of hydrogen-bond acceptors (Lipinski definition) is 3. The Morgan fingerprint density at radius 2 is 1.28 bits per heavy atom. The molecule has 0 radical (unpaired) electrons. The third-order valence-electron chi connectivity index (χ3n) is 6.73. The molecule has 4 aromatic carbocycles. The van der Waals surface area contributed by atoms with Gasteiger partial charge in [0, 0.05) is 5.56 Å². The fraction of sp³-hybridized carbons (Fsp3) is 0.107. The molecule has 0 bridgehead atoms. The van der Waals surface area contributed by atoms with Gasteiger partial charge in [0.05, 0.1) is 11.0 Å². The molecule has 4 heteroatoms. The molecule has 0 atom stereocenters. The van der Waals surface area contributed by atoms with Crippen LogP contribution in [0.4, 0.5) is 0 Å². The second-order valence-electron chi connectivity index (χ2n) is 8.55. The number of aromatic hydroxyl groups is 2. The number of nitrogens with zero attached hydrogens (tertiary/aromatic N) is 2. The molecular weight excluding hydrogens is 396 g/mol. The van der Waals surface area contributed by atoms with Gasteiger partial charge in [-0.15, -0.1) is 0 Å². The number of benzene rings is 4. The predicted octanol–water partition coefficient (Wildman–Crippen LogP) is 5.88. The van der Waals surface area contributed by atoms with Crippen molar-refractivity contribution in [3.8, 4) is 22.9 Å². The zero-order chi connectivity index (χ0) is 22.0. The molecule has 4 nitrogen and oxygen atoms in total. The number of imidazole rings is 1. The van der Waals surface area contributed by atoms with Crippen molar-refractivity contribution >= 4 is 11.0 Å². The third-order valence-corrected chi connectivity index (χ3v) is 6.73. The molecule has 0 amide bonds. The van der Waals surface area contributed by atoms with Crippen LogP contribution in [0.5, 0.6) is 11.5 Å². The van der Waals surface area contributed by atoms with Crippen LogP contribution in [0.2, 0.25) is 0 Å². The molecule has 1 aliphatic rings. The maximum atomic E-state index is 10.0. The summed E-state index contributed by atoms with van der Waals surface area (Å²) in [5, 5.41) is 20.1. The van der Waals surface area contributed by atoms with E-state index >= 15 is 0 Å². The summed E-state index contributed by atoms with van der Waals surface area (Å²) in [6.07, 6.45) is 0.